The highest BCUT2D eigenvalue weighted by Gasteiger charge is 2.59. The van der Waals surface area contributed by atoms with E-state index in [9.17, 15) is 19.5 Å². The number of rotatable bonds is 10. The number of imide groups is 1. The molecule has 2 N–H and O–H groups in total. The average Bonchev–Trinajstić information content (AvgIpc) is 1.58. The lowest BCUT2D eigenvalue weighted by atomic mass is 9.85. The molecular formula is C87H183N3O7S2. The zero-order valence-corrected chi connectivity index (χ0v) is 62.3. The first-order valence-corrected chi connectivity index (χ1v) is 35.6. The van der Waals surface area contributed by atoms with Gasteiger partial charge in [-0.25, -0.2) is 4.98 Å². The summed E-state index contributed by atoms with van der Waals surface area (Å²) in [5, 5.41) is 12.8. The fraction of sp³-hybridized carbons (Fsp3) is 0.701. The molecule has 600 valence electrons. The van der Waals surface area contributed by atoms with Crippen molar-refractivity contribution in [3.8, 4) is 29.9 Å². The van der Waals surface area contributed by atoms with Crippen molar-refractivity contribution in [1.82, 2.24) is 15.2 Å². The van der Waals surface area contributed by atoms with Gasteiger partial charge in [0, 0.05) is 44.9 Å². The molecule has 10 nitrogen and oxygen atoms in total. The number of benzene rings is 1. The molecule has 2 saturated heterocycles. The summed E-state index contributed by atoms with van der Waals surface area (Å²) in [5.41, 5.74) is 3.38. The van der Waals surface area contributed by atoms with E-state index in [0.29, 0.717) is 18.7 Å². The van der Waals surface area contributed by atoms with Crippen LogP contribution >= 0.6 is 21.6 Å². The molecule has 3 amide bonds. The molecule has 5 unspecified atom stereocenters. The maximum absolute atomic E-state index is 11.6. The van der Waals surface area contributed by atoms with Crippen LogP contribution in [0.4, 0.5) is 0 Å². The number of likely N-dealkylation sites (tertiary alicyclic amines) is 1. The maximum atomic E-state index is 11.6. The molecule has 2 fully saturated rings. The second kappa shape index (κ2) is 120. The summed E-state index contributed by atoms with van der Waals surface area (Å²) >= 11 is 0. The molecule has 0 saturated carbocycles. The Morgan fingerprint density at radius 3 is 1.40 bits per heavy atom. The molecule has 2 aromatic heterocycles. The summed E-state index contributed by atoms with van der Waals surface area (Å²) in [6, 6.07) is 15.6. The van der Waals surface area contributed by atoms with Gasteiger partial charge in [0.1, 0.15) is 22.6 Å². The van der Waals surface area contributed by atoms with E-state index < -0.39 is 0 Å². The highest BCUT2D eigenvalue weighted by atomic mass is 33.1. The quantitative estimate of drug-likeness (QED) is 0.0875. The highest BCUT2D eigenvalue weighted by Crippen LogP contribution is 2.44. The van der Waals surface area contributed by atoms with Gasteiger partial charge in [-0.2, -0.15) is 0 Å². The summed E-state index contributed by atoms with van der Waals surface area (Å²) in [6.07, 6.45) is 30.3. The number of furan rings is 1. The summed E-state index contributed by atoms with van der Waals surface area (Å²) in [6.45, 7) is 54.9. The van der Waals surface area contributed by atoms with Crippen molar-refractivity contribution in [3.05, 3.63) is 102 Å². The number of phenols is 1. The van der Waals surface area contributed by atoms with Crippen molar-refractivity contribution in [2.45, 2.75) is 381 Å². The number of aromatic hydroxyl groups is 1. The first-order valence-electron chi connectivity index (χ1n) is 33.2. The van der Waals surface area contributed by atoms with Gasteiger partial charge < -0.3 is 24.3 Å². The van der Waals surface area contributed by atoms with Crippen molar-refractivity contribution in [2.24, 2.45) is 11.8 Å². The molecule has 99 heavy (non-hydrogen) atoms. The maximum Gasteiger partial charge on any atom is 0.235 e. The second-order valence-corrected chi connectivity index (χ2v) is 22.7. The molecule has 12 heteroatoms. The number of ether oxygens (including phenoxy) is 2. The third kappa shape index (κ3) is 99.7. The van der Waals surface area contributed by atoms with Crippen LogP contribution in [0.3, 0.4) is 0 Å². The lowest BCUT2D eigenvalue weighted by Crippen LogP contribution is -2.30. The monoisotopic (exact) mass is 1450 g/mol. The van der Waals surface area contributed by atoms with Crippen LogP contribution in [0.15, 0.2) is 94.7 Å². The molecule has 0 radical (unpaired) electrons. The van der Waals surface area contributed by atoms with E-state index in [4.69, 9.17) is 20.3 Å². The van der Waals surface area contributed by atoms with Crippen molar-refractivity contribution in [1.29, 1.82) is 0 Å². The van der Waals surface area contributed by atoms with E-state index in [2.05, 4.69) is 173 Å². The molecule has 3 aliphatic heterocycles. The minimum absolute atomic E-state index is 0. The summed E-state index contributed by atoms with van der Waals surface area (Å²) in [5.74, 6) is 10.4. The van der Waals surface area contributed by atoms with E-state index in [1.54, 1.807) is 31.0 Å². The molecule has 5 atom stereocenters. The van der Waals surface area contributed by atoms with Crippen LogP contribution in [0.5, 0.6) is 5.75 Å². The lowest BCUT2D eigenvalue weighted by molar-refractivity contribution is -0.140. The second-order valence-electron chi connectivity index (χ2n) is 20.1. The van der Waals surface area contributed by atoms with Crippen molar-refractivity contribution in [3.63, 3.8) is 0 Å². The summed E-state index contributed by atoms with van der Waals surface area (Å²) in [7, 11) is 5.09. The molecule has 4 aliphatic rings. The number of aryl methyl sites for hydroxylation is 3. The minimum atomic E-state index is -0.243. The smallest absolute Gasteiger partial charge is 0.235 e. The fourth-order valence-electron chi connectivity index (χ4n) is 5.76. The average molecular weight is 1450 g/mol. The zero-order chi connectivity index (χ0) is 68.7. The van der Waals surface area contributed by atoms with Gasteiger partial charge >= 0.3 is 0 Å². The number of aromatic nitrogens is 1. The van der Waals surface area contributed by atoms with Gasteiger partial charge in [-0.05, 0) is 105 Å². The zero-order valence-electron chi connectivity index (χ0n) is 60.6. The Labute approximate surface area is 635 Å². The van der Waals surface area contributed by atoms with Crippen LogP contribution in [0.2, 0.25) is 0 Å². The molecule has 1 aliphatic carbocycles. The number of phenolic OH excluding ortho intramolecular Hbond substituents is 1. The van der Waals surface area contributed by atoms with Gasteiger partial charge in [0.2, 0.25) is 17.7 Å². The largest absolute Gasteiger partial charge is 0.508 e. The number of pyridine rings is 1. The number of hydrogen-bond donors (Lipinski definition) is 2. The molecular weight excluding hydrogens is 1260 g/mol. The normalized spacial score (nSPS) is 13.7. The van der Waals surface area contributed by atoms with E-state index in [1.807, 2.05) is 98.4 Å². The topological polar surface area (TPSA) is 131 Å². The number of amides is 3. The lowest BCUT2D eigenvalue weighted by Gasteiger charge is -2.10. The Balaban J connectivity index is -0.0000000383. The van der Waals surface area contributed by atoms with Gasteiger partial charge in [0.25, 0.3) is 0 Å². The van der Waals surface area contributed by atoms with Gasteiger partial charge in [-0.15, -0.1) is 18.9 Å². The Kier molecular flexibility index (Phi) is 181. The van der Waals surface area contributed by atoms with Crippen LogP contribution in [0.1, 0.15) is 355 Å². The predicted molar refractivity (Wildman–Crippen MR) is 468 cm³/mol. The number of carbonyl (C=O) groups is 3. The van der Waals surface area contributed by atoms with Crippen LogP contribution in [-0.2, 0) is 36.7 Å². The van der Waals surface area contributed by atoms with Crippen molar-refractivity contribution < 1.29 is 33.4 Å². The molecule has 1 aromatic carbocycles. The number of allylic oxidation sites excluding steroid dienone is 1. The fourth-order valence-corrected chi connectivity index (χ4v) is 7.25. The Morgan fingerprint density at radius 1 is 0.667 bits per heavy atom. The van der Waals surface area contributed by atoms with Gasteiger partial charge in [-0.1, -0.05) is 344 Å². The Hall–Kier alpha value is -4.72. The third-order valence-electron chi connectivity index (χ3n) is 9.60. The van der Waals surface area contributed by atoms with Crippen LogP contribution in [0.25, 0.3) is 0 Å². The van der Waals surface area contributed by atoms with E-state index in [0.717, 1.165) is 60.8 Å². The Bertz CT molecular complexity index is 1990. The van der Waals surface area contributed by atoms with E-state index in [-0.39, 0.29) is 137 Å². The first kappa shape index (κ1) is 149. The number of nitrogens with zero attached hydrogens (tertiary/aromatic N) is 2. The number of fused-ring (bicyclic) bond motifs is 5. The number of hydrogen-bond acceptors (Lipinski definition) is 10. The van der Waals surface area contributed by atoms with Crippen LogP contribution in [0, 0.1) is 42.9 Å². The standard InChI is InChI=1S/C9H9NO3.C9H12O.C9H14O.C7H9NS2.C6H9NO.C6H8O.C5H10.8C3H8.12CH4/c1-10-8(11)6-4-2-3-5(13-4)7(6)9(10)12;1-3-8-5-4-7(2)9(10)6-8;1-2-10-9-7-5-3-4-6-8-9;1-2-9-10-7-5-3-4-6-8-7;1-3-5-7-6(8)4-2;1-2-6-4-3-5-7-6;1-4-5(2)3;8*1-3-2;;;;;;;;;;;;/h2-7H,1H3;4-6,10H,3H2,1-2H3;9H,2-5,7H2,1H3;3-6H,2H2,1H3;1H,4-5H2,2H3,(H,7,8);3-5H,2H2,1H3;2,4H2,1,3H3;8*3H2,1-2H3;12*1H4. The molecule has 3 aromatic rings. The molecule has 5 heterocycles. The number of terminal acetylenes is 1. The van der Waals surface area contributed by atoms with Gasteiger partial charge in [0.05, 0.1) is 36.9 Å². The van der Waals surface area contributed by atoms with E-state index in [1.165, 1.54) is 80.2 Å². The van der Waals surface area contributed by atoms with Crippen LogP contribution < -0.4 is 5.32 Å². The first-order chi connectivity index (χ1) is 41.6. The summed E-state index contributed by atoms with van der Waals surface area (Å²) < 4.78 is 15.8. The minimum Gasteiger partial charge on any atom is -0.508 e. The highest BCUT2D eigenvalue weighted by molar-refractivity contribution is 8.76. The third-order valence-corrected chi connectivity index (χ3v) is 11.9. The van der Waals surface area contributed by atoms with E-state index >= 15 is 0 Å². The van der Waals surface area contributed by atoms with Gasteiger partial charge in [-0.3, -0.25) is 19.3 Å². The van der Waals surface area contributed by atoms with Crippen molar-refractivity contribution >= 4 is 39.3 Å². The molecule has 7 rings (SSSR count). The Morgan fingerprint density at radius 2 is 1.10 bits per heavy atom. The number of carbonyl (C=O) groups excluding carboxylic acids is 3. The SMILES string of the molecule is C.C.C.C.C.C.C.C.C.C.C.C.C#CCNC(=O)CC.C=C(C)CC.CCC.CCC.CCC.CCC.CCC.CCC.CCC.CCC.CCOC1C#CCCCC1.CCSSc1ccccn1.CCc1ccc(C)c(O)c1.CCc1ccco1.CN1C(=O)C2C3C=CC(O3)C2C1=O. The molecule has 2 bridgehead atoms. The molecule has 0 spiro atoms. The number of nitrogens with one attached hydrogen (secondary N) is 1. The van der Waals surface area contributed by atoms with Crippen molar-refractivity contribution in [2.75, 3.05) is 26.0 Å². The van der Waals surface area contributed by atoms with Crippen LogP contribution in [-0.4, -0.2) is 77.0 Å². The summed E-state index contributed by atoms with van der Waals surface area (Å²) in [4.78, 5) is 38.9. The van der Waals surface area contributed by atoms with Gasteiger partial charge in [0.15, 0.2) is 0 Å². The predicted octanol–water partition coefficient (Wildman–Crippen LogP) is 29.6.